The molecule has 0 saturated carbocycles. The molecule has 1 aromatic rings. The van der Waals surface area contributed by atoms with Crippen LogP contribution in [-0.2, 0) is 6.54 Å². The standard InChI is InChI=1S/C15H21N3O2/c1-4-9-16-14(19)13-7-5-12(6-8-13)10-17-15(20)18-11(2)3/h4-8,11H,1,9-10H2,2-3H3,(H,16,19)(H2,17,18,20). The van der Waals surface area contributed by atoms with Gasteiger partial charge in [0.25, 0.3) is 5.91 Å². The Labute approximate surface area is 119 Å². The number of hydrogen-bond donors (Lipinski definition) is 3. The van der Waals surface area contributed by atoms with Gasteiger partial charge in [-0.25, -0.2) is 4.79 Å². The molecule has 3 N–H and O–H groups in total. The largest absolute Gasteiger partial charge is 0.349 e. The highest BCUT2D eigenvalue weighted by atomic mass is 16.2. The molecular weight excluding hydrogens is 254 g/mol. The van der Waals surface area contributed by atoms with Crippen molar-refractivity contribution in [3.8, 4) is 0 Å². The van der Waals surface area contributed by atoms with Crippen molar-refractivity contribution in [1.29, 1.82) is 0 Å². The van der Waals surface area contributed by atoms with Crippen LogP contribution in [0.3, 0.4) is 0 Å². The van der Waals surface area contributed by atoms with Gasteiger partial charge < -0.3 is 16.0 Å². The molecule has 0 aliphatic rings. The summed E-state index contributed by atoms with van der Waals surface area (Å²) in [4.78, 5) is 23.1. The highest BCUT2D eigenvalue weighted by Crippen LogP contribution is 2.04. The molecule has 1 aromatic carbocycles. The van der Waals surface area contributed by atoms with Crippen LogP contribution in [0.1, 0.15) is 29.8 Å². The van der Waals surface area contributed by atoms with E-state index in [2.05, 4.69) is 22.5 Å². The average Bonchev–Trinajstić information content (AvgIpc) is 2.42. The third-order valence-electron chi connectivity index (χ3n) is 2.50. The van der Waals surface area contributed by atoms with Crippen LogP contribution in [0.4, 0.5) is 4.79 Å². The molecular formula is C15H21N3O2. The number of urea groups is 1. The molecule has 0 bridgehead atoms. The summed E-state index contributed by atoms with van der Waals surface area (Å²) >= 11 is 0. The van der Waals surface area contributed by atoms with E-state index in [-0.39, 0.29) is 18.0 Å². The first-order valence-corrected chi connectivity index (χ1v) is 6.55. The Bertz CT molecular complexity index is 467. The Kier molecular flexibility index (Phi) is 6.29. The first kappa shape index (κ1) is 15.8. The van der Waals surface area contributed by atoms with Crippen molar-refractivity contribution in [2.75, 3.05) is 6.54 Å². The van der Waals surface area contributed by atoms with E-state index in [0.717, 1.165) is 5.56 Å². The molecule has 0 aliphatic heterocycles. The molecule has 0 fully saturated rings. The minimum atomic E-state index is -0.201. The third-order valence-corrected chi connectivity index (χ3v) is 2.50. The van der Waals surface area contributed by atoms with E-state index in [9.17, 15) is 9.59 Å². The number of hydrogen-bond acceptors (Lipinski definition) is 2. The van der Waals surface area contributed by atoms with Gasteiger partial charge in [-0.1, -0.05) is 18.2 Å². The molecule has 0 unspecified atom stereocenters. The highest BCUT2D eigenvalue weighted by Gasteiger charge is 2.05. The van der Waals surface area contributed by atoms with Gasteiger partial charge >= 0.3 is 6.03 Å². The topological polar surface area (TPSA) is 70.2 Å². The number of carbonyl (C=O) groups excluding carboxylic acids is 2. The molecule has 0 radical (unpaired) electrons. The van der Waals surface area contributed by atoms with Crippen molar-refractivity contribution in [2.24, 2.45) is 0 Å². The highest BCUT2D eigenvalue weighted by molar-refractivity contribution is 5.94. The van der Waals surface area contributed by atoms with Gasteiger partial charge in [0, 0.05) is 24.7 Å². The molecule has 0 heterocycles. The average molecular weight is 275 g/mol. The van der Waals surface area contributed by atoms with Gasteiger partial charge in [0.2, 0.25) is 0 Å². The Balaban J connectivity index is 2.48. The van der Waals surface area contributed by atoms with Crippen molar-refractivity contribution in [3.63, 3.8) is 0 Å². The molecule has 0 aromatic heterocycles. The minimum absolute atomic E-state index is 0.103. The molecule has 0 aliphatic carbocycles. The first-order valence-electron chi connectivity index (χ1n) is 6.55. The van der Waals surface area contributed by atoms with Crippen LogP contribution in [-0.4, -0.2) is 24.5 Å². The van der Waals surface area contributed by atoms with E-state index in [1.54, 1.807) is 18.2 Å². The smallest absolute Gasteiger partial charge is 0.315 e. The monoisotopic (exact) mass is 275 g/mol. The van der Waals surface area contributed by atoms with E-state index in [0.29, 0.717) is 18.7 Å². The van der Waals surface area contributed by atoms with Crippen LogP contribution in [0.2, 0.25) is 0 Å². The number of benzene rings is 1. The van der Waals surface area contributed by atoms with Gasteiger partial charge in [0.1, 0.15) is 0 Å². The van der Waals surface area contributed by atoms with Crippen molar-refractivity contribution < 1.29 is 9.59 Å². The molecule has 0 saturated heterocycles. The zero-order valence-electron chi connectivity index (χ0n) is 11.9. The van der Waals surface area contributed by atoms with Crippen LogP contribution in [0.25, 0.3) is 0 Å². The fourth-order valence-electron chi connectivity index (χ4n) is 1.54. The van der Waals surface area contributed by atoms with Gasteiger partial charge in [-0.3, -0.25) is 4.79 Å². The Morgan fingerprint density at radius 3 is 2.40 bits per heavy atom. The minimum Gasteiger partial charge on any atom is -0.349 e. The van der Waals surface area contributed by atoms with Gasteiger partial charge in [-0.2, -0.15) is 0 Å². The third kappa shape index (κ3) is 5.56. The second-order valence-corrected chi connectivity index (χ2v) is 4.68. The number of nitrogens with one attached hydrogen (secondary N) is 3. The van der Waals surface area contributed by atoms with E-state index in [1.165, 1.54) is 0 Å². The fraction of sp³-hybridized carbons (Fsp3) is 0.333. The molecule has 1 rings (SSSR count). The van der Waals surface area contributed by atoms with Crippen molar-refractivity contribution in [1.82, 2.24) is 16.0 Å². The zero-order valence-corrected chi connectivity index (χ0v) is 11.9. The van der Waals surface area contributed by atoms with E-state index < -0.39 is 0 Å². The maximum absolute atomic E-state index is 11.7. The van der Waals surface area contributed by atoms with Crippen molar-refractivity contribution in [3.05, 3.63) is 48.0 Å². The van der Waals surface area contributed by atoms with Crippen LogP contribution < -0.4 is 16.0 Å². The van der Waals surface area contributed by atoms with E-state index in [4.69, 9.17) is 0 Å². The number of rotatable bonds is 6. The maximum Gasteiger partial charge on any atom is 0.315 e. The van der Waals surface area contributed by atoms with Gasteiger partial charge in [0.05, 0.1) is 0 Å². The van der Waals surface area contributed by atoms with Gasteiger partial charge in [-0.05, 0) is 31.5 Å². The summed E-state index contributed by atoms with van der Waals surface area (Å²) in [7, 11) is 0. The summed E-state index contributed by atoms with van der Waals surface area (Å²) in [5.74, 6) is -0.137. The van der Waals surface area contributed by atoms with Crippen molar-refractivity contribution in [2.45, 2.75) is 26.4 Å². The molecule has 0 atom stereocenters. The summed E-state index contributed by atoms with van der Waals surface area (Å²) in [6.45, 7) is 8.20. The summed E-state index contributed by atoms with van der Waals surface area (Å²) in [6, 6.07) is 7.00. The van der Waals surface area contributed by atoms with E-state index in [1.807, 2.05) is 26.0 Å². The Morgan fingerprint density at radius 1 is 1.20 bits per heavy atom. The van der Waals surface area contributed by atoms with Gasteiger partial charge in [-0.15, -0.1) is 6.58 Å². The second kappa shape index (κ2) is 7.99. The summed E-state index contributed by atoms with van der Waals surface area (Å²) < 4.78 is 0. The lowest BCUT2D eigenvalue weighted by molar-refractivity contribution is 0.0958. The lowest BCUT2D eigenvalue weighted by Crippen LogP contribution is -2.39. The molecule has 3 amide bonds. The lowest BCUT2D eigenvalue weighted by atomic mass is 10.1. The zero-order chi connectivity index (χ0) is 15.0. The number of carbonyl (C=O) groups is 2. The molecule has 0 spiro atoms. The van der Waals surface area contributed by atoms with Gasteiger partial charge in [0.15, 0.2) is 0 Å². The normalized spacial score (nSPS) is 9.95. The van der Waals surface area contributed by atoms with E-state index >= 15 is 0 Å². The summed E-state index contributed by atoms with van der Waals surface area (Å²) in [5, 5.41) is 8.19. The van der Waals surface area contributed by atoms with Crippen LogP contribution in [0.15, 0.2) is 36.9 Å². The van der Waals surface area contributed by atoms with Crippen LogP contribution in [0.5, 0.6) is 0 Å². The summed E-state index contributed by atoms with van der Waals surface area (Å²) in [5.41, 5.74) is 1.52. The van der Waals surface area contributed by atoms with Crippen LogP contribution in [0, 0.1) is 0 Å². The predicted molar refractivity (Wildman–Crippen MR) is 79.5 cm³/mol. The fourth-order valence-corrected chi connectivity index (χ4v) is 1.54. The SMILES string of the molecule is C=CCNC(=O)c1ccc(CNC(=O)NC(C)C)cc1. The second-order valence-electron chi connectivity index (χ2n) is 4.68. The molecule has 20 heavy (non-hydrogen) atoms. The summed E-state index contributed by atoms with van der Waals surface area (Å²) in [6.07, 6.45) is 1.63. The lowest BCUT2D eigenvalue weighted by Gasteiger charge is -2.10. The molecule has 5 nitrogen and oxygen atoms in total. The molecule has 108 valence electrons. The van der Waals surface area contributed by atoms with Crippen molar-refractivity contribution >= 4 is 11.9 Å². The van der Waals surface area contributed by atoms with Crippen LogP contribution >= 0.6 is 0 Å². The Hall–Kier alpha value is -2.30. The Morgan fingerprint density at radius 2 is 1.85 bits per heavy atom. The molecule has 5 heteroatoms. The first-order chi connectivity index (χ1) is 9.52. The number of amides is 3. The quantitative estimate of drug-likeness (QED) is 0.693. The maximum atomic E-state index is 11.7. The predicted octanol–water partition coefficient (Wildman–Crippen LogP) is 1.81.